The van der Waals surface area contributed by atoms with E-state index in [1.165, 1.54) is 0 Å². The number of hydrogen-bond donors (Lipinski definition) is 1. The van der Waals surface area contributed by atoms with Crippen molar-refractivity contribution >= 4 is 0 Å². The van der Waals surface area contributed by atoms with E-state index in [9.17, 15) is 0 Å². The second-order valence-corrected chi connectivity index (χ2v) is 4.20. The summed E-state index contributed by atoms with van der Waals surface area (Å²) in [4.78, 5) is 6.36. The highest BCUT2D eigenvalue weighted by atomic mass is 16.5. The van der Waals surface area contributed by atoms with E-state index in [-0.39, 0.29) is 6.61 Å². The van der Waals surface area contributed by atoms with Crippen LogP contribution in [0.3, 0.4) is 0 Å². The first-order valence-corrected chi connectivity index (χ1v) is 6.43. The number of hydrogen-bond acceptors (Lipinski definition) is 6. The average molecular weight is 257 g/mol. The van der Waals surface area contributed by atoms with Gasteiger partial charge >= 0.3 is 0 Å². The Morgan fingerprint density at radius 2 is 2.22 bits per heavy atom. The van der Waals surface area contributed by atoms with Crippen molar-refractivity contribution in [2.24, 2.45) is 0 Å². The normalized spacial score (nSPS) is 11.3. The van der Waals surface area contributed by atoms with Gasteiger partial charge in [-0.25, -0.2) is 0 Å². The number of aromatic nitrogens is 2. The molecule has 0 spiro atoms. The number of nitrogens with zero attached hydrogens (tertiary/aromatic N) is 3. The van der Waals surface area contributed by atoms with Gasteiger partial charge in [-0.2, -0.15) is 4.98 Å². The fourth-order valence-corrected chi connectivity index (χ4v) is 1.61. The molecule has 1 heterocycles. The molecule has 6 heteroatoms. The van der Waals surface area contributed by atoms with Crippen LogP contribution in [0.1, 0.15) is 31.5 Å². The Hall–Kier alpha value is -0.980. The Balaban J connectivity index is 2.43. The third-order valence-electron chi connectivity index (χ3n) is 2.65. The summed E-state index contributed by atoms with van der Waals surface area (Å²) in [7, 11) is 1.66. The molecule has 0 bridgehead atoms. The Bertz CT molecular complexity index is 317. The summed E-state index contributed by atoms with van der Waals surface area (Å²) in [6.45, 7) is 4.74. The average Bonchev–Trinajstić information content (AvgIpc) is 2.81. The van der Waals surface area contributed by atoms with Gasteiger partial charge in [-0.3, -0.25) is 4.90 Å². The van der Waals surface area contributed by atoms with Crippen LogP contribution in [0.2, 0.25) is 0 Å². The van der Waals surface area contributed by atoms with Gasteiger partial charge in [0.05, 0.1) is 19.8 Å². The van der Waals surface area contributed by atoms with Gasteiger partial charge in [0.1, 0.15) is 0 Å². The lowest BCUT2D eigenvalue weighted by Gasteiger charge is -2.18. The van der Waals surface area contributed by atoms with Crippen molar-refractivity contribution in [3.8, 4) is 0 Å². The van der Waals surface area contributed by atoms with Crippen LogP contribution >= 0.6 is 0 Å². The van der Waals surface area contributed by atoms with Crippen LogP contribution in [0, 0.1) is 0 Å². The SMILES string of the molecule is CCCCc1noc(CN(CCO)CCOC)n1. The van der Waals surface area contributed by atoms with Gasteiger partial charge in [0, 0.05) is 26.6 Å². The maximum atomic E-state index is 8.99. The van der Waals surface area contributed by atoms with Crippen molar-refractivity contribution < 1.29 is 14.4 Å². The van der Waals surface area contributed by atoms with Crippen LogP contribution in [0.4, 0.5) is 0 Å². The van der Waals surface area contributed by atoms with E-state index >= 15 is 0 Å². The molecule has 0 aromatic carbocycles. The van der Waals surface area contributed by atoms with Crippen LogP contribution in [-0.2, 0) is 17.7 Å². The van der Waals surface area contributed by atoms with Gasteiger partial charge in [0.25, 0.3) is 0 Å². The second kappa shape index (κ2) is 9.02. The van der Waals surface area contributed by atoms with Crippen molar-refractivity contribution in [3.63, 3.8) is 0 Å². The smallest absolute Gasteiger partial charge is 0.240 e. The van der Waals surface area contributed by atoms with E-state index in [4.69, 9.17) is 14.4 Å². The fourth-order valence-electron chi connectivity index (χ4n) is 1.61. The van der Waals surface area contributed by atoms with E-state index in [1.54, 1.807) is 7.11 Å². The summed E-state index contributed by atoms with van der Waals surface area (Å²) in [6.07, 6.45) is 3.05. The van der Waals surface area contributed by atoms with Crippen molar-refractivity contribution in [1.29, 1.82) is 0 Å². The maximum absolute atomic E-state index is 8.99. The minimum atomic E-state index is 0.112. The summed E-state index contributed by atoms with van der Waals surface area (Å²) in [5.41, 5.74) is 0. The quantitative estimate of drug-likeness (QED) is 0.670. The zero-order valence-electron chi connectivity index (χ0n) is 11.3. The number of rotatable bonds is 10. The Kier molecular flexibility index (Phi) is 7.55. The lowest BCUT2D eigenvalue weighted by atomic mass is 10.2. The van der Waals surface area contributed by atoms with Gasteiger partial charge in [-0.05, 0) is 6.42 Å². The first kappa shape index (κ1) is 15.1. The molecule has 104 valence electrons. The molecule has 18 heavy (non-hydrogen) atoms. The number of unbranched alkanes of at least 4 members (excludes halogenated alkanes) is 1. The summed E-state index contributed by atoms with van der Waals surface area (Å²) >= 11 is 0. The lowest BCUT2D eigenvalue weighted by Crippen LogP contribution is -2.30. The monoisotopic (exact) mass is 257 g/mol. The van der Waals surface area contributed by atoms with Gasteiger partial charge in [-0.1, -0.05) is 18.5 Å². The molecular formula is C12H23N3O3. The molecule has 0 aliphatic carbocycles. The van der Waals surface area contributed by atoms with Crippen molar-refractivity contribution in [1.82, 2.24) is 15.0 Å². The summed E-state index contributed by atoms with van der Waals surface area (Å²) in [5.74, 6) is 1.37. The highest BCUT2D eigenvalue weighted by Crippen LogP contribution is 2.05. The van der Waals surface area contributed by atoms with Crippen LogP contribution in [0.25, 0.3) is 0 Å². The number of methoxy groups -OCH3 is 1. The van der Waals surface area contributed by atoms with Gasteiger partial charge in [0.15, 0.2) is 5.82 Å². The number of ether oxygens (including phenoxy) is 1. The predicted octanol–water partition coefficient (Wildman–Crippen LogP) is 0.853. The van der Waals surface area contributed by atoms with Crippen molar-refractivity contribution in [2.45, 2.75) is 32.7 Å². The van der Waals surface area contributed by atoms with Crippen molar-refractivity contribution in [2.75, 3.05) is 33.4 Å². The maximum Gasteiger partial charge on any atom is 0.240 e. The Labute approximate surface area is 108 Å². The minimum Gasteiger partial charge on any atom is -0.395 e. The number of aliphatic hydroxyl groups is 1. The van der Waals surface area contributed by atoms with Gasteiger partial charge in [-0.15, -0.1) is 0 Å². The number of aryl methyl sites for hydroxylation is 1. The first-order chi connectivity index (χ1) is 8.80. The molecule has 1 aromatic heterocycles. The van der Waals surface area contributed by atoms with Crippen LogP contribution in [0.5, 0.6) is 0 Å². The molecule has 0 saturated heterocycles. The van der Waals surface area contributed by atoms with E-state index in [2.05, 4.69) is 17.1 Å². The standard InChI is InChI=1S/C12H23N3O3/c1-3-4-5-11-13-12(18-14-11)10-15(6-8-16)7-9-17-2/h16H,3-10H2,1-2H3. The van der Waals surface area contributed by atoms with E-state index in [0.717, 1.165) is 31.6 Å². The summed E-state index contributed by atoms with van der Waals surface area (Å²) in [5, 5.41) is 12.9. The third kappa shape index (κ3) is 5.57. The Morgan fingerprint density at radius 3 is 2.89 bits per heavy atom. The largest absolute Gasteiger partial charge is 0.395 e. The molecule has 0 saturated carbocycles. The molecule has 0 aliphatic rings. The zero-order valence-corrected chi connectivity index (χ0v) is 11.3. The first-order valence-electron chi connectivity index (χ1n) is 6.43. The van der Waals surface area contributed by atoms with Crippen LogP contribution in [-0.4, -0.2) is 53.6 Å². The molecule has 0 unspecified atom stereocenters. The highest BCUT2D eigenvalue weighted by Gasteiger charge is 2.11. The molecule has 1 aromatic rings. The Morgan fingerprint density at radius 1 is 1.39 bits per heavy atom. The van der Waals surface area contributed by atoms with Crippen LogP contribution < -0.4 is 0 Å². The van der Waals surface area contributed by atoms with E-state index < -0.39 is 0 Å². The topological polar surface area (TPSA) is 71.6 Å². The molecule has 1 N–H and O–H groups in total. The molecular weight excluding hydrogens is 234 g/mol. The van der Waals surface area contributed by atoms with Gasteiger partial charge in [0.2, 0.25) is 5.89 Å². The number of aliphatic hydroxyl groups excluding tert-OH is 1. The molecule has 0 atom stereocenters. The summed E-state index contributed by atoms with van der Waals surface area (Å²) in [6, 6.07) is 0. The van der Waals surface area contributed by atoms with E-state index in [0.29, 0.717) is 25.6 Å². The molecule has 0 fully saturated rings. The fraction of sp³-hybridized carbons (Fsp3) is 0.833. The third-order valence-corrected chi connectivity index (χ3v) is 2.65. The summed E-state index contributed by atoms with van der Waals surface area (Å²) < 4.78 is 10.2. The molecule has 0 aliphatic heterocycles. The van der Waals surface area contributed by atoms with E-state index in [1.807, 2.05) is 4.90 Å². The van der Waals surface area contributed by atoms with Crippen LogP contribution in [0.15, 0.2) is 4.52 Å². The van der Waals surface area contributed by atoms with Gasteiger partial charge < -0.3 is 14.4 Å². The minimum absolute atomic E-state index is 0.112. The highest BCUT2D eigenvalue weighted by molar-refractivity contribution is 4.86. The molecule has 0 radical (unpaired) electrons. The molecule has 6 nitrogen and oxygen atoms in total. The molecule has 1 rings (SSSR count). The zero-order chi connectivity index (χ0) is 13.2. The predicted molar refractivity (Wildman–Crippen MR) is 67.1 cm³/mol. The van der Waals surface area contributed by atoms with Crippen molar-refractivity contribution in [3.05, 3.63) is 11.7 Å². The lowest BCUT2D eigenvalue weighted by molar-refractivity contribution is 0.118. The second-order valence-electron chi connectivity index (χ2n) is 4.20. The molecule has 0 amide bonds.